The van der Waals surface area contributed by atoms with Crippen LogP contribution in [0.3, 0.4) is 0 Å². The molecule has 0 N–H and O–H groups in total. The highest BCUT2D eigenvalue weighted by atomic mass is 79.9. The van der Waals surface area contributed by atoms with Crippen molar-refractivity contribution >= 4 is 54.6 Å². The molecule has 0 spiro atoms. The van der Waals surface area contributed by atoms with Gasteiger partial charge in [0.05, 0.1) is 11.1 Å². The molecule has 2 aromatic heterocycles. The molecule has 0 bridgehead atoms. The van der Waals surface area contributed by atoms with Gasteiger partial charge >= 0.3 is 0 Å². The van der Waals surface area contributed by atoms with E-state index in [1.54, 1.807) is 6.20 Å². The second-order valence-corrected chi connectivity index (χ2v) is 7.19. The fourth-order valence-corrected chi connectivity index (χ4v) is 3.17. The SMILES string of the molecule is Cc1cccc(-n2c(C(C)Cl)nc3cc(Br)cnc32)c1Br. The first-order chi connectivity index (χ1) is 9.99. The minimum atomic E-state index is -0.217. The molecular formula is C15H12Br2ClN3. The summed E-state index contributed by atoms with van der Waals surface area (Å²) in [5, 5.41) is -0.217. The van der Waals surface area contributed by atoms with Gasteiger partial charge < -0.3 is 0 Å². The Balaban J connectivity index is 2.39. The number of hydrogen-bond donors (Lipinski definition) is 0. The topological polar surface area (TPSA) is 30.7 Å². The maximum atomic E-state index is 6.32. The second kappa shape index (κ2) is 5.71. The van der Waals surface area contributed by atoms with Crippen molar-refractivity contribution in [3.63, 3.8) is 0 Å². The Hall–Kier alpha value is -0.910. The van der Waals surface area contributed by atoms with Crippen LogP contribution in [0, 0.1) is 6.92 Å². The number of benzene rings is 1. The molecular weight excluding hydrogens is 417 g/mol. The Morgan fingerprint density at radius 3 is 2.76 bits per heavy atom. The van der Waals surface area contributed by atoms with E-state index < -0.39 is 0 Å². The van der Waals surface area contributed by atoms with Gasteiger partial charge in [-0.3, -0.25) is 4.57 Å². The summed E-state index contributed by atoms with van der Waals surface area (Å²) in [6, 6.07) is 8.05. The van der Waals surface area contributed by atoms with E-state index in [2.05, 4.69) is 54.8 Å². The highest BCUT2D eigenvalue weighted by Gasteiger charge is 2.19. The zero-order valence-corrected chi connectivity index (χ0v) is 15.4. The van der Waals surface area contributed by atoms with Crippen LogP contribution in [0.4, 0.5) is 0 Å². The number of rotatable bonds is 2. The first-order valence-corrected chi connectivity index (χ1v) is 8.44. The number of nitrogens with zero attached hydrogens (tertiary/aromatic N) is 3. The van der Waals surface area contributed by atoms with Gasteiger partial charge in [-0.05, 0) is 63.4 Å². The number of alkyl halides is 1. The molecule has 2 heterocycles. The first-order valence-electron chi connectivity index (χ1n) is 6.42. The minimum absolute atomic E-state index is 0.217. The van der Waals surface area contributed by atoms with Crippen molar-refractivity contribution in [2.45, 2.75) is 19.2 Å². The van der Waals surface area contributed by atoms with Crippen LogP contribution < -0.4 is 0 Å². The van der Waals surface area contributed by atoms with Gasteiger partial charge in [-0.25, -0.2) is 9.97 Å². The van der Waals surface area contributed by atoms with E-state index in [1.165, 1.54) is 0 Å². The Morgan fingerprint density at radius 2 is 2.05 bits per heavy atom. The molecule has 0 saturated heterocycles. The molecule has 0 aliphatic rings. The van der Waals surface area contributed by atoms with Gasteiger partial charge in [0.15, 0.2) is 5.65 Å². The minimum Gasteiger partial charge on any atom is -0.278 e. The van der Waals surface area contributed by atoms with Gasteiger partial charge in [-0.15, -0.1) is 11.6 Å². The lowest BCUT2D eigenvalue weighted by atomic mass is 10.2. The van der Waals surface area contributed by atoms with E-state index in [0.29, 0.717) is 0 Å². The van der Waals surface area contributed by atoms with E-state index in [9.17, 15) is 0 Å². The van der Waals surface area contributed by atoms with E-state index in [0.717, 1.165) is 37.2 Å². The zero-order valence-electron chi connectivity index (χ0n) is 11.4. The molecule has 0 aliphatic heterocycles. The van der Waals surface area contributed by atoms with E-state index in [4.69, 9.17) is 11.6 Å². The second-order valence-electron chi connectivity index (χ2n) is 4.83. The molecule has 0 fully saturated rings. The largest absolute Gasteiger partial charge is 0.278 e. The third-order valence-electron chi connectivity index (χ3n) is 3.26. The van der Waals surface area contributed by atoms with Crippen LogP contribution in [-0.2, 0) is 0 Å². The summed E-state index contributed by atoms with van der Waals surface area (Å²) in [6.07, 6.45) is 1.77. The van der Waals surface area contributed by atoms with Gasteiger partial charge in [0.25, 0.3) is 0 Å². The molecule has 1 aromatic carbocycles. The molecule has 0 amide bonds. The van der Waals surface area contributed by atoms with Crippen molar-refractivity contribution in [2.24, 2.45) is 0 Å². The molecule has 1 atom stereocenters. The molecule has 3 nitrogen and oxygen atoms in total. The smallest absolute Gasteiger partial charge is 0.164 e. The van der Waals surface area contributed by atoms with Crippen molar-refractivity contribution in [3.8, 4) is 5.69 Å². The van der Waals surface area contributed by atoms with Gasteiger partial charge in [-0.2, -0.15) is 0 Å². The maximum absolute atomic E-state index is 6.32. The van der Waals surface area contributed by atoms with Gasteiger partial charge in [0.2, 0.25) is 0 Å². The number of aryl methyl sites for hydroxylation is 1. The summed E-state index contributed by atoms with van der Waals surface area (Å²) >= 11 is 13.4. The average Bonchev–Trinajstić information content (AvgIpc) is 2.80. The summed E-state index contributed by atoms with van der Waals surface area (Å²) in [5.41, 5.74) is 3.77. The highest BCUT2D eigenvalue weighted by molar-refractivity contribution is 9.10. The third-order valence-corrected chi connectivity index (χ3v) is 4.92. The van der Waals surface area contributed by atoms with Crippen LogP contribution in [0.15, 0.2) is 39.4 Å². The lowest BCUT2D eigenvalue weighted by Crippen LogP contribution is -2.04. The Bertz CT molecular complexity index is 827. The summed E-state index contributed by atoms with van der Waals surface area (Å²) in [5.74, 6) is 0.781. The van der Waals surface area contributed by atoms with Crippen molar-refractivity contribution in [1.82, 2.24) is 14.5 Å². The molecule has 0 radical (unpaired) electrons. The fourth-order valence-electron chi connectivity index (χ4n) is 2.27. The third kappa shape index (κ3) is 2.62. The molecule has 3 rings (SSSR count). The normalized spacial score (nSPS) is 12.8. The Morgan fingerprint density at radius 1 is 1.29 bits per heavy atom. The summed E-state index contributed by atoms with van der Waals surface area (Å²) in [4.78, 5) is 9.14. The van der Waals surface area contributed by atoms with Gasteiger partial charge in [0.1, 0.15) is 11.3 Å². The summed E-state index contributed by atoms with van der Waals surface area (Å²) in [6.45, 7) is 3.97. The van der Waals surface area contributed by atoms with E-state index in [1.807, 2.05) is 29.7 Å². The van der Waals surface area contributed by atoms with Crippen molar-refractivity contribution in [3.05, 3.63) is 50.8 Å². The number of pyridine rings is 1. The van der Waals surface area contributed by atoms with Crippen LogP contribution in [-0.4, -0.2) is 14.5 Å². The maximum Gasteiger partial charge on any atom is 0.164 e. The summed E-state index contributed by atoms with van der Waals surface area (Å²) in [7, 11) is 0. The molecule has 6 heteroatoms. The van der Waals surface area contributed by atoms with Crippen LogP contribution in [0.5, 0.6) is 0 Å². The lowest BCUT2D eigenvalue weighted by Gasteiger charge is -2.13. The number of hydrogen-bond acceptors (Lipinski definition) is 2. The van der Waals surface area contributed by atoms with Crippen molar-refractivity contribution < 1.29 is 0 Å². The molecule has 3 aromatic rings. The number of imidazole rings is 1. The fraction of sp³-hybridized carbons (Fsp3) is 0.200. The number of aromatic nitrogens is 3. The predicted molar refractivity (Wildman–Crippen MR) is 93.3 cm³/mol. The number of fused-ring (bicyclic) bond motifs is 1. The van der Waals surface area contributed by atoms with Crippen LogP contribution in [0.1, 0.15) is 23.7 Å². The molecule has 1 unspecified atom stereocenters. The van der Waals surface area contributed by atoms with Crippen LogP contribution >= 0.6 is 43.5 Å². The predicted octanol–water partition coefficient (Wildman–Crippen LogP) is 5.55. The van der Waals surface area contributed by atoms with Crippen LogP contribution in [0.25, 0.3) is 16.9 Å². The Labute approximate surface area is 144 Å². The van der Waals surface area contributed by atoms with Crippen molar-refractivity contribution in [1.29, 1.82) is 0 Å². The first kappa shape index (κ1) is 15.0. The molecule has 108 valence electrons. The lowest BCUT2D eigenvalue weighted by molar-refractivity contribution is 0.873. The zero-order chi connectivity index (χ0) is 15.1. The number of halogens is 3. The van der Waals surface area contributed by atoms with Gasteiger partial charge in [-0.1, -0.05) is 12.1 Å². The quantitative estimate of drug-likeness (QED) is 0.500. The van der Waals surface area contributed by atoms with E-state index in [-0.39, 0.29) is 5.38 Å². The molecule has 21 heavy (non-hydrogen) atoms. The van der Waals surface area contributed by atoms with E-state index >= 15 is 0 Å². The molecule has 0 aliphatic carbocycles. The standard InChI is InChI=1S/C15H12Br2ClN3/c1-8-4-3-5-12(13(8)17)21-14(9(2)18)20-11-6-10(16)7-19-15(11)21/h3-7,9H,1-2H3. The monoisotopic (exact) mass is 427 g/mol. The van der Waals surface area contributed by atoms with Crippen LogP contribution in [0.2, 0.25) is 0 Å². The molecule has 0 saturated carbocycles. The Kier molecular flexibility index (Phi) is 4.08. The average molecular weight is 430 g/mol. The van der Waals surface area contributed by atoms with Gasteiger partial charge in [0, 0.05) is 15.1 Å². The summed E-state index contributed by atoms with van der Waals surface area (Å²) < 4.78 is 3.93. The highest BCUT2D eigenvalue weighted by Crippen LogP contribution is 2.32. The van der Waals surface area contributed by atoms with Crippen molar-refractivity contribution in [2.75, 3.05) is 0 Å².